The zero-order valence-corrected chi connectivity index (χ0v) is 14.5. The fourth-order valence-electron chi connectivity index (χ4n) is 4.14. The Morgan fingerprint density at radius 3 is 2.68 bits per heavy atom. The van der Waals surface area contributed by atoms with E-state index in [1.54, 1.807) is 24.1 Å². The monoisotopic (exact) mass is 350 g/mol. The molecule has 1 aromatic rings. The average Bonchev–Trinajstić information content (AvgIpc) is 2.84. The number of likely N-dealkylation sites (tertiary alicyclic amines) is 2. The van der Waals surface area contributed by atoms with Gasteiger partial charge in [0.25, 0.3) is 0 Å². The van der Waals surface area contributed by atoms with Crippen molar-refractivity contribution in [3.8, 4) is 5.75 Å². The van der Waals surface area contributed by atoms with Crippen LogP contribution in [-0.2, 0) is 16.1 Å². The first-order valence-corrected chi connectivity index (χ1v) is 8.41. The van der Waals surface area contributed by atoms with Crippen molar-refractivity contribution in [3.63, 3.8) is 0 Å². The van der Waals surface area contributed by atoms with Gasteiger partial charge in [-0.1, -0.05) is 6.07 Å². The second kappa shape index (κ2) is 6.63. The summed E-state index contributed by atoms with van der Waals surface area (Å²) in [4.78, 5) is 27.5. The van der Waals surface area contributed by atoms with E-state index in [0.717, 1.165) is 5.56 Å². The Morgan fingerprint density at radius 1 is 1.40 bits per heavy atom. The van der Waals surface area contributed by atoms with Crippen molar-refractivity contribution < 1.29 is 23.8 Å². The molecule has 6 nitrogen and oxygen atoms in total. The Hall–Kier alpha value is -2.15. The minimum Gasteiger partial charge on any atom is -0.494 e. The highest BCUT2D eigenvalue weighted by atomic mass is 19.1. The molecule has 1 atom stereocenters. The number of hydrogen-bond acceptors (Lipinski definition) is 4. The lowest BCUT2D eigenvalue weighted by Crippen LogP contribution is -2.55. The van der Waals surface area contributed by atoms with E-state index >= 15 is 0 Å². The lowest BCUT2D eigenvalue weighted by Gasteiger charge is -2.45. The topological polar surface area (TPSA) is 70.1 Å². The van der Waals surface area contributed by atoms with Gasteiger partial charge in [0.2, 0.25) is 5.91 Å². The highest BCUT2D eigenvalue weighted by Gasteiger charge is 2.55. The second-order valence-corrected chi connectivity index (χ2v) is 6.90. The van der Waals surface area contributed by atoms with Gasteiger partial charge in [-0.15, -0.1) is 0 Å². The lowest BCUT2D eigenvalue weighted by atomic mass is 9.77. The molecule has 2 fully saturated rings. The molecule has 2 aliphatic rings. The maximum absolute atomic E-state index is 13.5. The number of carboxylic acids is 1. The van der Waals surface area contributed by atoms with Crippen molar-refractivity contribution in [3.05, 3.63) is 29.6 Å². The van der Waals surface area contributed by atoms with Gasteiger partial charge in [0, 0.05) is 33.1 Å². The molecule has 25 heavy (non-hydrogen) atoms. The molecule has 0 aromatic heterocycles. The number of aliphatic carboxylic acids is 1. The van der Waals surface area contributed by atoms with Crippen LogP contribution in [-0.4, -0.2) is 59.6 Å². The van der Waals surface area contributed by atoms with Crippen molar-refractivity contribution in [2.24, 2.45) is 5.92 Å². The third-order valence-corrected chi connectivity index (χ3v) is 5.71. The summed E-state index contributed by atoms with van der Waals surface area (Å²) in [7, 11) is 3.15. The number of benzene rings is 1. The Balaban J connectivity index is 1.69. The van der Waals surface area contributed by atoms with E-state index in [9.17, 15) is 19.1 Å². The molecule has 1 N–H and O–H groups in total. The summed E-state index contributed by atoms with van der Waals surface area (Å²) in [5.41, 5.74) is 0.361. The van der Waals surface area contributed by atoms with Gasteiger partial charge in [-0.3, -0.25) is 14.5 Å². The van der Waals surface area contributed by atoms with Crippen molar-refractivity contribution in [2.45, 2.75) is 31.3 Å². The number of rotatable bonds is 4. The molecule has 2 heterocycles. The largest absolute Gasteiger partial charge is 0.494 e. The first kappa shape index (κ1) is 17.7. The summed E-state index contributed by atoms with van der Waals surface area (Å²) in [6, 6.07) is 4.81. The van der Waals surface area contributed by atoms with Crippen molar-refractivity contribution >= 4 is 11.9 Å². The molecule has 1 unspecified atom stereocenters. The zero-order valence-electron chi connectivity index (χ0n) is 14.5. The van der Waals surface area contributed by atoms with Gasteiger partial charge < -0.3 is 14.7 Å². The number of halogens is 1. The first-order valence-electron chi connectivity index (χ1n) is 8.41. The Morgan fingerprint density at radius 2 is 2.08 bits per heavy atom. The fraction of sp³-hybridized carbons (Fsp3) is 0.556. The summed E-state index contributed by atoms with van der Waals surface area (Å²) >= 11 is 0. The van der Waals surface area contributed by atoms with Crippen LogP contribution in [0.1, 0.15) is 24.8 Å². The van der Waals surface area contributed by atoms with Gasteiger partial charge in [0.15, 0.2) is 11.6 Å². The smallest absolute Gasteiger partial charge is 0.309 e. The summed E-state index contributed by atoms with van der Waals surface area (Å²) in [5, 5.41) is 9.51. The quantitative estimate of drug-likeness (QED) is 0.896. The predicted molar refractivity (Wildman–Crippen MR) is 88.7 cm³/mol. The van der Waals surface area contributed by atoms with E-state index in [2.05, 4.69) is 4.90 Å². The number of carbonyl (C=O) groups excluding carboxylic acids is 1. The highest BCUT2D eigenvalue weighted by Crippen LogP contribution is 2.43. The minimum atomic E-state index is -0.894. The second-order valence-electron chi connectivity index (χ2n) is 6.90. The van der Waals surface area contributed by atoms with Crippen molar-refractivity contribution in [1.29, 1.82) is 0 Å². The van der Waals surface area contributed by atoms with E-state index < -0.39 is 17.4 Å². The number of carboxylic acid groups (broad SMARTS) is 1. The summed E-state index contributed by atoms with van der Waals surface area (Å²) in [6.45, 7) is 2.03. The summed E-state index contributed by atoms with van der Waals surface area (Å²) in [5.74, 6) is -1.80. The molecule has 1 spiro atoms. The molecular formula is C18H23FN2O4. The zero-order chi connectivity index (χ0) is 18.2. The minimum absolute atomic E-state index is 0.0843. The number of amides is 1. The van der Waals surface area contributed by atoms with Crippen LogP contribution in [0.5, 0.6) is 5.75 Å². The van der Waals surface area contributed by atoms with Gasteiger partial charge in [-0.25, -0.2) is 4.39 Å². The van der Waals surface area contributed by atoms with Crippen LogP contribution in [0.3, 0.4) is 0 Å². The number of methoxy groups -OCH3 is 1. The predicted octanol–water partition coefficient (Wildman–Crippen LogP) is 1.73. The molecule has 1 amide bonds. The van der Waals surface area contributed by atoms with Crippen molar-refractivity contribution in [1.82, 2.24) is 9.80 Å². The standard InChI is InChI=1S/C18H23FN2O4/c1-20-16(22)10-13(17(23)24)18(20)5-7-21(8-6-18)11-12-3-4-14(19)15(9-12)25-2/h3-4,9,13H,5-8,10-11H2,1-2H3,(H,23,24). The fourth-order valence-corrected chi connectivity index (χ4v) is 4.14. The van der Waals surface area contributed by atoms with E-state index in [1.807, 2.05) is 0 Å². The van der Waals surface area contributed by atoms with Crippen LogP contribution >= 0.6 is 0 Å². The maximum atomic E-state index is 13.5. The molecule has 2 saturated heterocycles. The van der Waals surface area contributed by atoms with Crippen LogP contribution in [0, 0.1) is 11.7 Å². The molecule has 0 bridgehead atoms. The third kappa shape index (κ3) is 3.08. The van der Waals surface area contributed by atoms with E-state index in [-0.39, 0.29) is 23.9 Å². The van der Waals surface area contributed by atoms with E-state index in [4.69, 9.17) is 4.74 Å². The molecule has 0 aliphatic carbocycles. The number of ether oxygens (including phenoxy) is 1. The van der Waals surface area contributed by atoms with E-state index in [0.29, 0.717) is 32.5 Å². The number of carbonyl (C=O) groups is 2. The van der Waals surface area contributed by atoms with Crippen LogP contribution in [0.25, 0.3) is 0 Å². The lowest BCUT2D eigenvalue weighted by molar-refractivity contribution is -0.146. The molecule has 3 rings (SSSR count). The van der Waals surface area contributed by atoms with Gasteiger partial charge in [-0.05, 0) is 30.5 Å². The summed E-state index contributed by atoms with van der Waals surface area (Å²) < 4.78 is 18.5. The van der Waals surface area contributed by atoms with Gasteiger partial charge in [0.05, 0.1) is 18.6 Å². The SMILES string of the molecule is COc1cc(CN2CCC3(CC2)C(C(=O)O)CC(=O)N3C)ccc1F. The maximum Gasteiger partial charge on any atom is 0.309 e. The molecule has 2 aliphatic heterocycles. The Bertz CT molecular complexity index is 686. The Kier molecular flexibility index (Phi) is 4.69. The number of nitrogens with zero attached hydrogens (tertiary/aromatic N) is 2. The van der Waals surface area contributed by atoms with Crippen molar-refractivity contribution in [2.75, 3.05) is 27.2 Å². The van der Waals surface area contributed by atoms with Crippen LogP contribution in [0.15, 0.2) is 18.2 Å². The highest BCUT2D eigenvalue weighted by molar-refractivity contribution is 5.88. The normalized spacial score (nSPS) is 23.2. The van der Waals surface area contributed by atoms with Gasteiger partial charge in [-0.2, -0.15) is 0 Å². The molecule has 7 heteroatoms. The van der Waals surface area contributed by atoms with Crippen LogP contribution in [0.4, 0.5) is 4.39 Å². The molecule has 1 aromatic carbocycles. The molecule has 0 radical (unpaired) electrons. The number of hydrogen-bond donors (Lipinski definition) is 1. The van der Waals surface area contributed by atoms with Crippen LogP contribution < -0.4 is 4.74 Å². The first-order chi connectivity index (χ1) is 11.9. The Labute approximate surface area is 146 Å². The van der Waals surface area contributed by atoms with E-state index in [1.165, 1.54) is 13.2 Å². The molecule has 136 valence electrons. The number of piperidine rings is 1. The van der Waals surface area contributed by atoms with Gasteiger partial charge >= 0.3 is 5.97 Å². The third-order valence-electron chi connectivity index (χ3n) is 5.71. The summed E-state index contributed by atoms with van der Waals surface area (Å²) in [6.07, 6.45) is 1.34. The average molecular weight is 350 g/mol. The molecular weight excluding hydrogens is 327 g/mol. The molecule has 0 saturated carbocycles. The van der Waals surface area contributed by atoms with Gasteiger partial charge in [0.1, 0.15) is 0 Å². The van der Waals surface area contributed by atoms with Crippen LogP contribution in [0.2, 0.25) is 0 Å².